The van der Waals surface area contributed by atoms with Gasteiger partial charge in [0.15, 0.2) is 0 Å². The molecule has 2 heterocycles. The van der Waals surface area contributed by atoms with Crippen LogP contribution in [0.2, 0.25) is 0 Å². The van der Waals surface area contributed by atoms with Crippen LogP contribution in [-0.2, 0) is 17.8 Å². The number of hydrogen-bond acceptors (Lipinski definition) is 3. The molecule has 0 aliphatic carbocycles. The van der Waals surface area contributed by atoms with Crippen LogP contribution >= 0.6 is 0 Å². The van der Waals surface area contributed by atoms with Crippen LogP contribution in [0.3, 0.4) is 0 Å². The van der Waals surface area contributed by atoms with E-state index in [0.29, 0.717) is 31.4 Å². The fourth-order valence-electron chi connectivity index (χ4n) is 3.20. The van der Waals surface area contributed by atoms with Crippen molar-refractivity contribution in [2.24, 2.45) is 11.1 Å². The fourth-order valence-corrected chi connectivity index (χ4v) is 3.20. The van der Waals surface area contributed by atoms with E-state index in [-0.39, 0.29) is 11.3 Å². The first-order valence-electron chi connectivity index (χ1n) is 7.82. The number of nitrogens with zero attached hydrogens (tertiary/aromatic N) is 3. The molecule has 6 nitrogen and oxygen atoms in total. The lowest BCUT2D eigenvalue weighted by Crippen LogP contribution is -2.36. The molecule has 0 spiro atoms. The fraction of sp³-hybridized carbons (Fsp3) is 0.471. The van der Waals surface area contributed by atoms with Gasteiger partial charge in [-0.25, -0.2) is 4.79 Å². The summed E-state index contributed by atoms with van der Waals surface area (Å²) in [4.78, 5) is 25.8. The molecule has 1 aromatic carbocycles. The highest BCUT2D eigenvalue weighted by Crippen LogP contribution is 2.29. The summed E-state index contributed by atoms with van der Waals surface area (Å²) < 4.78 is 1.20. The molecule has 2 N–H and O–H groups in total. The van der Waals surface area contributed by atoms with Gasteiger partial charge in [-0.1, -0.05) is 26.8 Å². The summed E-state index contributed by atoms with van der Waals surface area (Å²) in [5.74, 6) is 0.173. The van der Waals surface area contributed by atoms with Gasteiger partial charge in [-0.15, -0.1) is 0 Å². The van der Waals surface area contributed by atoms with E-state index in [1.165, 1.54) is 4.68 Å². The van der Waals surface area contributed by atoms with E-state index in [9.17, 15) is 9.59 Å². The summed E-state index contributed by atoms with van der Waals surface area (Å²) in [7, 11) is 0. The number of benzene rings is 1. The van der Waals surface area contributed by atoms with E-state index < -0.39 is 6.03 Å². The number of carbonyl (C=O) groups is 2. The Morgan fingerprint density at radius 2 is 2.04 bits per heavy atom. The molecule has 122 valence electrons. The van der Waals surface area contributed by atoms with Gasteiger partial charge in [0.2, 0.25) is 5.91 Å². The van der Waals surface area contributed by atoms with Crippen molar-refractivity contribution in [3.05, 3.63) is 29.5 Å². The summed E-state index contributed by atoms with van der Waals surface area (Å²) in [6.07, 6.45) is 2.90. The molecule has 0 radical (unpaired) electrons. The van der Waals surface area contributed by atoms with Gasteiger partial charge < -0.3 is 10.6 Å². The summed E-state index contributed by atoms with van der Waals surface area (Å²) in [5, 5.41) is 4.99. The van der Waals surface area contributed by atoms with E-state index >= 15 is 0 Å². The first-order chi connectivity index (χ1) is 10.8. The van der Waals surface area contributed by atoms with Crippen molar-refractivity contribution in [1.29, 1.82) is 0 Å². The van der Waals surface area contributed by atoms with Crippen molar-refractivity contribution < 1.29 is 9.59 Å². The lowest BCUT2D eigenvalue weighted by Gasteiger charge is -2.29. The Hall–Kier alpha value is -2.37. The number of carbonyl (C=O) groups excluding carboxylic acids is 2. The Morgan fingerprint density at radius 3 is 2.70 bits per heavy atom. The number of primary amides is 1. The van der Waals surface area contributed by atoms with Gasteiger partial charge in [0.25, 0.3) is 0 Å². The summed E-state index contributed by atoms with van der Waals surface area (Å²) in [6, 6.07) is 3.24. The van der Waals surface area contributed by atoms with Crippen LogP contribution in [0.5, 0.6) is 0 Å². The third kappa shape index (κ3) is 2.93. The molecule has 0 saturated heterocycles. The van der Waals surface area contributed by atoms with Crippen molar-refractivity contribution >= 4 is 22.8 Å². The summed E-state index contributed by atoms with van der Waals surface area (Å²) in [5.41, 5.74) is 8.31. The monoisotopic (exact) mass is 314 g/mol. The standard InChI is InChI=1S/C17H22N4O2/c1-17(2,3)10-20-9-13-11(5-7-15(20)22)4-6-14-12(13)8-19-21(14)16(18)23/h4,6,8H,5,7,9-10H2,1-3H3,(H2,18,23). The number of nitrogens with two attached hydrogens (primary N) is 1. The predicted molar refractivity (Wildman–Crippen MR) is 87.9 cm³/mol. The smallest absolute Gasteiger partial charge is 0.340 e. The lowest BCUT2D eigenvalue weighted by atomic mass is 9.95. The quantitative estimate of drug-likeness (QED) is 0.876. The highest BCUT2D eigenvalue weighted by molar-refractivity contribution is 5.92. The summed E-state index contributed by atoms with van der Waals surface area (Å²) >= 11 is 0. The molecule has 2 aromatic rings. The molecule has 0 fully saturated rings. The molecule has 1 aromatic heterocycles. The SMILES string of the molecule is CC(C)(C)CN1Cc2c(ccc3c2cnn3C(N)=O)CCC1=O. The second-order valence-electron chi connectivity index (χ2n) is 7.34. The van der Waals surface area contributed by atoms with Gasteiger partial charge >= 0.3 is 6.03 Å². The number of rotatable bonds is 1. The molecule has 0 saturated carbocycles. The number of aromatic nitrogens is 2. The molecule has 1 aliphatic rings. The minimum absolute atomic E-state index is 0.0332. The van der Waals surface area contributed by atoms with Gasteiger partial charge in [-0.3, -0.25) is 4.79 Å². The zero-order valence-electron chi connectivity index (χ0n) is 13.8. The van der Waals surface area contributed by atoms with Crippen LogP contribution in [0, 0.1) is 5.41 Å². The van der Waals surface area contributed by atoms with Gasteiger partial charge in [-0.05, 0) is 29.0 Å². The van der Waals surface area contributed by atoms with Crippen LogP contribution in [0.15, 0.2) is 18.3 Å². The third-order valence-corrected chi connectivity index (χ3v) is 4.15. The number of aryl methyl sites for hydroxylation is 1. The van der Waals surface area contributed by atoms with Gasteiger partial charge in [-0.2, -0.15) is 9.78 Å². The highest BCUT2D eigenvalue weighted by atomic mass is 16.2. The zero-order valence-corrected chi connectivity index (χ0v) is 13.8. The normalized spacial score (nSPS) is 15.6. The Morgan fingerprint density at radius 1 is 1.30 bits per heavy atom. The number of fused-ring (bicyclic) bond motifs is 3. The zero-order chi connectivity index (χ0) is 16.8. The third-order valence-electron chi connectivity index (χ3n) is 4.15. The van der Waals surface area contributed by atoms with E-state index in [0.717, 1.165) is 16.5 Å². The Bertz CT molecular complexity index is 786. The minimum Gasteiger partial charge on any atom is -0.350 e. The van der Waals surface area contributed by atoms with E-state index in [2.05, 4.69) is 25.9 Å². The number of hydrogen-bond donors (Lipinski definition) is 1. The summed E-state index contributed by atoms with van der Waals surface area (Å²) in [6.45, 7) is 7.62. The van der Waals surface area contributed by atoms with Crippen LogP contribution in [0.4, 0.5) is 4.79 Å². The molecule has 3 rings (SSSR count). The molecule has 0 atom stereocenters. The molecule has 2 amide bonds. The minimum atomic E-state index is -0.601. The van der Waals surface area contributed by atoms with Crippen molar-refractivity contribution in [2.75, 3.05) is 6.54 Å². The lowest BCUT2D eigenvalue weighted by molar-refractivity contribution is -0.132. The molecule has 0 bridgehead atoms. The van der Waals surface area contributed by atoms with E-state index in [1.807, 2.05) is 17.0 Å². The van der Waals surface area contributed by atoms with Crippen molar-refractivity contribution in [3.63, 3.8) is 0 Å². The van der Waals surface area contributed by atoms with Gasteiger partial charge in [0.05, 0.1) is 11.7 Å². The van der Waals surface area contributed by atoms with Crippen LogP contribution < -0.4 is 5.73 Å². The Kier molecular flexibility index (Phi) is 3.62. The molecular formula is C17H22N4O2. The van der Waals surface area contributed by atoms with Gasteiger partial charge in [0.1, 0.15) is 0 Å². The van der Waals surface area contributed by atoms with Crippen LogP contribution in [-0.4, -0.2) is 33.2 Å². The Balaban J connectivity index is 2.07. The first kappa shape index (κ1) is 15.5. The second-order valence-corrected chi connectivity index (χ2v) is 7.34. The molecule has 0 unspecified atom stereocenters. The largest absolute Gasteiger partial charge is 0.350 e. The van der Waals surface area contributed by atoms with Crippen molar-refractivity contribution in [2.45, 2.75) is 40.2 Å². The second kappa shape index (κ2) is 5.37. The van der Waals surface area contributed by atoms with Crippen molar-refractivity contribution in [1.82, 2.24) is 14.7 Å². The maximum absolute atomic E-state index is 12.4. The van der Waals surface area contributed by atoms with E-state index in [4.69, 9.17) is 5.73 Å². The van der Waals surface area contributed by atoms with Crippen LogP contribution in [0.25, 0.3) is 10.9 Å². The molecule has 1 aliphatic heterocycles. The topological polar surface area (TPSA) is 81.2 Å². The maximum Gasteiger partial charge on any atom is 0.340 e. The van der Waals surface area contributed by atoms with Crippen LogP contribution in [0.1, 0.15) is 38.3 Å². The van der Waals surface area contributed by atoms with Crippen molar-refractivity contribution in [3.8, 4) is 0 Å². The Labute approximate surface area is 135 Å². The molecular weight excluding hydrogens is 292 g/mol. The molecule has 23 heavy (non-hydrogen) atoms. The average molecular weight is 314 g/mol. The first-order valence-corrected chi connectivity index (χ1v) is 7.82. The van der Waals surface area contributed by atoms with Gasteiger partial charge in [0, 0.05) is 24.9 Å². The highest BCUT2D eigenvalue weighted by Gasteiger charge is 2.26. The van der Waals surface area contributed by atoms with E-state index in [1.54, 1.807) is 6.20 Å². The maximum atomic E-state index is 12.4. The molecule has 6 heteroatoms. The number of amides is 2. The average Bonchev–Trinajstić information content (AvgIpc) is 2.81. The predicted octanol–water partition coefficient (Wildman–Crippen LogP) is 2.28.